The lowest BCUT2D eigenvalue weighted by molar-refractivity contribution is -0.132. The van der Waals surface area contributed by atoms with Crippen LogP contribution in [0, 0.1) is 5.41 Å². The molecule has 104 valence electrons. The molecule has 0 spiro atoms. The minimum atomic E-state index is -0.337. The van der Waals surface area contributed by atoms with Gasteiger partial charge < -0.3 is 5.73 Å². The van der Waals surface area contributed by atoms with Crippen molar-refractivity contribution in [3.8, 4) is 0 Å². The number of aromatic nitrogens is 1. The predicted molar refractivity (Wildman–Crippen MR) is 77.2 cm³/mol. The fourth-order valence-electron chi connectivity index (χ4n) is 3.47. The molecule has 2 aliphatic carbocycles. The number of primary amides is 1. The maximum atomic E-state index is 11.6. The molecule has 0 bridgehead atoms. The summed E-state index contributed by atoms with van der Waals surface area (Å²) in [4.78, 5) is 17.5. The lowest BCUT2D eigenvalue weighted by Gasteiger charge is -2.43. The fraction of sp³-hybridized carbons (Fsp3) is 0.733. The summed E-state index contributed by atoms with van der Waals surface area (Å²) in [6.07, 6.45) is 10.6. The van der Waals surface area contributed by atoms with Crippen LogP contribution in [-0.4, -0.2) is 10.9 Å². The Morgan fingerprint density at radius 2 is 2.11 bits per heavy atom. The first-order valence-electron chi connectivity index (χ1n) is 7.37. The molecule has 0 radical (unpaired) electrons. The van der Waals surface area contributed by atoms with E-state index >= 15 is 0 Å². The minimum absolute atomic E-state index is 0.156. The van der Waals surface area contributed by atoms with E-state index in [2.05, 4.69) is 4.98 Å². The molecule has 2 unspecified atom stereocenters. The molecule has 1 amide bonds. The van der Waals surface area contributed by atoms with E-state index in [-0.39, 0.29) is 11.3 Å². The standard InChI is InChI=1S/C15H22N2OS/c1-15(14(16)18)8-7-11(15)12-9-17-13(19-12)10-5-3-2-4-6-10/h9-11H,2-8H2,1H3,(H2,16,18). The van der Waals surface area contributed by atoms with Crippen molar-refractivity contribution in [3.63, 3.8) is 0 Å². The molecule has 19 heavy (non-hydrogen) atoms. The molecule has 2 atom stereocenters. The first kappa shape index (κ1) is 13.1. The normalized spacial score (nSPS) is 31.9. The average molecular weight is 278 g/mol. The molecule has 4 heteroatoms. The van der Waals surface area contributed by atoms with Crippen LogP contribution in [-0.2, 0) is 4.79 Å². The zero-order valence-electron chi connectivity index (χ0n) is 11.5. The van der Waals surface area contributed by atoms with Gasteiger partial charge in [0.15, 0.2) is 0 Å². The summed E-state index contributed by atoms with van der Waals surface area (Å²) in [6, 6.07) is 0. The van der Waals surface area contributed by atoms with E-state index in [1.54, 1.807) is 0 Å². The molecule has 0 saturated heterocycles. The second-order valence-electron chi connectivity index (χ2n) is 6.31. The monoisotopic (exact) mass is 278 g/mol. The summed E-state index contributed by atoms with van der Waals surface area (Å²) in [5.41, 5.74) is 5.22. The first-order chi connectivity index (χ1) is 9.11. The number of rotatable bonds is 3. The predicted octanol–water partition coefficient (Wildman–Crippen LogP) is 3.56. The van der Waals surface area contributed by atoms with Crippen molar-refractivity contribution in [2.24, 2.45) is 11.1 Å². The maximum Gasteiger partial charge on any atom is 0.224 e. The minimum Gasteiger partial charge on any atom is -0.369 e. The SMILES string of the molecule is CC1(C(N)=O)CCC1c1cnc(C2CCCCC2)s1. The topological polar surface area (TPSA) is 56.0 Å². The largest absolute Gasteiger partial charge is 0.369 e. The van der Waals surface area contributed by atoms with Crippen molar-refractivity contribution in [2.45, 2.75) is 63.7 Å². The van der Waals surface area contributed by atoms with Crippen LogP contribution < -0.4 is 5.73 Å². The zero-order valence-corrected chi connectivity index (χ0v) is 12.3. The highest BCUT2D eigenvalue weighted by Crippen LogP contribution is 2.54. The molecule has 0 aliphatic heterocycles. The summed E-state index contributed by atoms with van der Waals surface area (Å²) < 4.78 is 0. The third-order valence-electron chi connectivity index (χ3n) is 5.12. The number of hydrogen-bond acceptors (Lipinski definition) is 3. The van der Waals surface area contributed by atoms with Crippen LogP contribution in [0.4, 0.5) is 0 Å². The molecule has 2 aliphatic rings. The third kappa shape index (κ3) is 2.20. The highest BCUT2D eigenvalue weighted by molar-refractivity contribution is 7.11. The smallest absolute Gasteiger partial charge is 0.224 e. The van der Waals surface area contributed by atoms with Crippen molar-refractivity contribution < 1.29 is 4.79 Å². The van der Waals surface area contributed by atoms with Crippen LogP contribution in [0.15, 0.2) is 6.20 Å². The Hall–Kier alpha value is -0.900. The number of thiazole rings is 1. The Kier molecular flexibility index (Phi) is 3.37. The van der Waals surface area contributed by atoms with E-state index in [1.807, 2.05) is 24.5 Å². The quantitative estimate of drug-likeness (QED) is 0.919. The van der Waals surface area contributed by atoms with Crippen molar-refractivity contribution in [3.05, 3.63) is 16.1 Å². The summed E-state index contributed by atoms with van der Waals surface area (Å²) in [5, 5.41) is 1.29. The number of hydrogen-bond donors (Lipinski definition) is 1. The lowest BCUT2D eigenvalue weighted by atomic mass is 9.60. The highest BCUT2D eigenvalue weighted by Gasteiger charge is 2.49. The van der Waals surface area contributed by atoms with Gasteiger partial charge in [0, 0.05) is 22.9 Å². The second-order valence-corrected chi connectivity index (χ2v) is 7.40. The second kappa shape index (κ2) is 4.89. The van der Waals surface area contributed by atoms with Crippen molar-refractivity contribution in [1.82, 2.24) is 4.98 Å². The van der Waals surface area contributed by atoms with Gasteiger partial charge in [-0.25, -0.2) is 4.98 Å². The molecular weight excluding hydrogens is 256 g/mol. The fourth-order valence-corrected chi connectivity index (χ4v) is 4.85. The Labute approximate surface area is 118 Å². The Bertz CT molecular complexity index is 478. The van der Waals surface area contributed by atoms with Crippen molar-refractivity contribution >= 4 is 17.2 Å². The van der Waals surface area contributed by atoms with E-state index in [0.29, 0.717) is 11.8 Å². The van der Waals surface area contributed by atoms with Gasteiger partial charge in [0.25, 0.3) is 0 Å². The van der Waals surface area contributed by atoms with Crippen LogP contribution in [0.2, 0.25) is 0 Å². The van der Waals surface area contributed by atoms with Crippen LogP contribution in [0.3, 0.4) is 0 Å². The van der Waals surface area contributed by atoms with E-state index in [4.69, 9.17) is 5.73 Å². The van der Waals surface area contributed by atoms with E-state index in [9.17, 15) is 4.79 Å². The van der Waals surface area contributed by atoms with Crippen molar-refractivity contribution in [1.29, 1.82) is 0 Å². The van der Waals surface area contributed by atoms with Gasteiger partial charge in [-0.05, 0) is 25.7 Å². The Morgan fingerprint density at radius 1 is 1.37 bits per heavy atom. The molecule has 2 N–H and O–H groups in total. The van der Waals surface area contributed by atoms with Crippen LogP contribution >= 0.6 is 11.3 Å². The third-order valence-corrected chi connectivity index (χ3v) is 6.40. The van der Waals surface area contributed by atoms with E-state index in [0.717, 1.165) is 12.8 Å². The summed E-state index contributed by atoms with van der Waals surface area (Å²) in [5.74, 6) is 0.809. The van der Waals surface area contributed by atoms with Gasteiger partial charge in [-0.2, -0.15) is 0 Å². The van der Waals surface area contributed by atoms with Gasteiger partial charge in [-0.3, -0.25) is 4.79 Å². The van der Waals surface area contributed by atoms with Gasteiger partial charge >= 0.3 is 0 Å². The molecule has 1 aromatic rings. The van der Waals surface area contributed by atoms with E-state index in [1.165, 1.54) is 42.0 Å². The van der Waals surface area contributed by atoms with Gasteiger partial charge in [0.05, 0.1) is 10.4 Å². The zero-order chi connectivity index (χ0) is 13.5. The lowest BCUT2D eigenvalue weighted by Crippen LogP contribution is -2.46. The number of nitrogens with two attached hydrogens (primary N) is 1. The number of carbonyl (C=O) groups excluding carboxylic acids is 1. The Balaban J connectivity index is 1.76. The molecule has 1 heterocycles. The average Bonchev–Trinajstić information content (AvgIpc) is 2.86. The summed E-state index contributed by atoms with van der Waals surface area (Å²) >= 11 is 1.82. The maximum absolute atomic E-state index is 11.6. The Morgan fingerprint density at radius 3 is 2.68 bits per heavy atom. The summed E-state index contributed by atoms with van der Waals surface area (Å²) in [7, 11) is 0. The molecule has 3 nitrogen and oxygen atoms in total. The molecular formula is C15H22N2OS. The summed E-state index contributed by atoms with van der Waals surface area (Å²) in [6.45, 7) is 2.00. The number of amides is 1. The molecule has 0 aromatic carbocycles. The van der Waals surface area contributed by atoms with Crippen LogP contribution in [0.25, 0.3) is 0 Å². The molecule has 1 aromatic heterocycles. The van der Waals surface area contributed by atoms with Crippen LogP contribution in [0.5, 0.6) is 0 Å². The molecule has 3 rings (SSSR count). The number of nitrogens with zero attached hydrogens (tertiary/aromatic N) is 1. The first-order valence-corrected chi connectivity index (χ1v) is 8.18. The van der Waals surface area contributed by atoms with Gasteiger partial charge in [-0.1, -0.05) is 26.2 Å². The van der Waals surface area contributed by atoms with E-state index < -0.39 is 0 Å². The van der Waals surface area contributed by atoms with Crippen molar-refractivity contribution in [2.75, 3.05) is 0 Å². The molecule has 2 saturated carbocycles. The van der Waals surface area contributed by atoms with Gasteiger partial charge in [0.2, 0.25) is 5.91 Å². The van der Waals surface area contributed by atoms with Gasteiger partial charge in [-0.15, -0.1) is 11.3 Å². The van der Waals surface area contributed by atoms with Crippen LogP contribution in [0.1, 0.15) is 73.6 Å². The highest BCUT2D eigenvalue weighted by atomic mass is 32.1. The number of carbonyl (C=O) groups is 1. The van der Waals surface area contributed by atoms with Gasteiger partial charge in [0.1, 0.15) is 0 Å². The molecule has 2 fully saturated rings.